The number of nitrogens with one attached hydrogen (secondary N) is 1. The van der Waals surface area contributed by atoms with Gasteiger partial charge in [0.15, 0.2) is 0 Å². The minimum absolute atomic E-state index is 0.0912. The monoisotopic (exact) mass is 443 g/mol. The molecule has 2 saturated heterocycles. The van der Waals surface area contributed by atoms with Crippen LogP contribution in [0.4, 0.5) is 0 Å². The highest BCUT2D eigenvalue weighted by molar-refractivity contribution is 8.00. The van der Waals surface area contributed by atoms with Gasteiger partial charge in [0, 0.05) is 12.8 Å². The van der Waals surface area contributed by atoms with Gasteiger partial charge in [0.1, 0.15) is 17.1 Å². The highest BCUT2D eigenvalue weighted by Gasteiger charge is 2.53. The van der Waals surface area contributed by atoms with E-state index in [1.807, 2.05) is 30.3 Å². The molecule has 9 nitrogen and oxygen atoms in total. The van der Waals surface area contributed by atoms with Crippen LogP contribution in [0.5, 0.6) is 0 Å². The largest absolute Gasteiger partial charge is 0.477 e. The van der Waals surface area contributed by atoms with Gasteiger partial charge in [-0.15, -0.1) is 16.8 Å². The van der Waals surface area contributed by atoms with Crippen molar-refractivity contribution >= 4 is 35.5 Å². The summed E-state index contributed by atoms with van der Waals surface area (Å²) in [6.07, 6.45) is 3.65. The van der Waals surface area contributed by atoms with Gasteiger partial charge in [-0.2, -0.15) is 0 Å². The van der Waals surface area contributed by atoms with Crippen molar-refractivity contribution in [3.8, 4) is 0 Å². The summed E-state index contributed by atoms with van der Waals surface area (Å²) in [5.41, 5.74) is 1.22. The minimum atomic E-state index is -1.21. The fourth-order valence-corrected chi connectivity index (χ4v) is 5.08. The van der Waals surface area contributed by atoms with Gasteiger partial charge in [0.05, 0.1) is 18.9 Å². The van der Waals surface area contributed by atoms with Gasteiger partial charge in [0.25, 0.3) is 5.91 Å². The fraction of sp³-hybridized carbons (Fsp3) is 0.333. The summed E-state index contributed by atoms with van der Waals surface area (Å²) in [4.78, 5) is 54.5. The van der Waals surface area contributed by atoms with Gasteiger partial charge in [0.2, 0.25) is 5.91 Å². The number of allylic oxidation sites excluding steroid dienone is 1. The summed E-state index contributed by atoms with van der Waals surface area (Å²) in [5, 5.41) is 13.4. The second-order valence-corrected chi connectivity index (χ2v) is 8.54. The number of hydroxylamine groups is 2. The van der Waals surface area contributed by atoms with E-state index < -0.39 is 23.3 Å². The molecule has 0 radical (unpaired) electrons. The number of thioether (sulfide) groups is 1. The Labute approximate surface area is 182 Å². The summed E-state index contributed by atoms with van der Waals surface area (Å²) in [6.45, 7) is 0. The van der Waals surface area contributed by atoms with Crippen LogP contribution in [0.15, 0.2) is 53.8 Å². The number of fused-ring (bicyclic) bond motifs is 1. The Kier molecular flexibility index (Phi) is 5.84. The maximum Gasteiger partial charge on any atom is 0.352 e. The molecule has 162 valence electrons. The second-order valence-electron chi connectivity index (χ2n) is 7.44. The molecule has 0 bridgehead atoms. The van der Waals surface area contributed by atoms with Crippen LogP contribution in [-0.2, 0) is 30.4 Å². The number of carbonyl (C=O) groups excluding carboxylic acids is 3. The lowest BCUT2D eigenvalue weighted by Gasteiger charge is -2.49. The van der Waals surface area contributed by atoms with Crippen molar-refractivity contribution in [1.29, 1.82) is 0 Å². The van der Waals surface area contributed by atoms with Crippen molar-refractivity contribution < 1.29 is 29.1 Å². The predicted octanol–water partition coefficient (Wildman–Crippen LogP) is 0.686. The molecule has 0 saturated carbocycles. The van der Waals surface area contributed by atoms with Crippen molar-refractivity contribution in [3.63, 3.8) is 0 Å². The normalized spacial score (nSPS) is 26.0. The second kappa shape index (κ2) is 8.56. The molecule has 3 atom stereocenters. The number of nitrogens with zero attached hydrogens (tertiary/aromatic N) is 2. The van der Waals surface area contributed by atoms with Crippen molar-refractivity contribution in [2.75, 3.05) is 12.8 Å². The molecule has 2 fully saturated rings. The van der Waals surface area contributed by atoms with E-state index in [4.69, 9.17) is 4.84 Å². The molecule has 3 aliphatic heterocycles. The third-order valence-electron chi connectivity index (χ3n) is 5.33. The fourth-order valence-electron chi connectivity index (χ4n) is 3.76. The number of carboxylic acid groups (broad SMARTS) is 1. The molecule has 0 aliphatic carbocycles. The van der Waals surface area contributed by atoms with E-state index >= 15 is 0 Å². The molecular weight excluding hydrogens is 422 g/mol. The molecule has 3 aliphatic rings. The molecule has 31 heavy (non-hydrogen) atoms. The van der Waals surface area contributed by atoms with Crippen LogP contribution in [0, 0.1) is 0 Å². The smallest absolute Gasteiger partial charge is 0.352 e. The van der Waals surface area contributed by atoms with Crippen LogP contribution in [-0.4, -0.2) is 69.1 Å². The van der Waals surface area contributed by atoms with Crippen LogP contribution in [0.1, 0.15) is 12.0 Å². The van der Waals surface area contributed by atoms with Gasteiger partial charge >= 0.3 is 11.9 Å². The SMILES string of the molecule is CN1OC(=O)CC1/C=C/C1=C(C(=O)O)N2C(=O)C(NC(=O)Cc3ccccc3)C2SC1. The van der Waals surface area contributed by atoms with Crippen LogP contribution in [0.25, 0.3) is 0 Å². The van der Waals surface area contributed by atoms with E-state index in [-0.39, 0.29) is 36.5 Å². The Bertz CT molecular complexity index is 992. The van der Waals surface area contributed by atoms with Crippen molar-refractivity contribution in [2.45, 2.75) is 30.3 Å². The number of hydrogen-bond donors (Lipinski definition) is 2. The van der Waals surface area contributed by atoms with Gasteiger partial charge in [-0.3, -0.25) is 19.3 Å². The van der Waals surface area contributed by atoms with E-state index in [0.717, 1.165) is 5.56 Å². The Hall–Kier alpha value is -3.11. The summed E-state index contributed by atoms with van der Waals surface area (Å²) in [6, 6.07) is 8.13. The lowest BCUT2D eigenvalue weighted by atomic mass is 10.0. The van der Waals surface area contributed by atoms with Crippen LogP contribution >= 0.6 is 11.8 Å². The number of amides is 2. The number of rotatable bonds is 6. The molecular formula is C21H21N3O6S. The first-order valence-electron chi connectivity index (χ1n) is 9.71. The molecule has 3 heterocycles. The zero-order valence-electron chi connectivity index (χ0n) is 16.7. The standard InChI is InChI=1S/C21H21N3O6S/c1-23-14(10-16(26)30-23)8-7-13-11-31-20-17(19(27)24(20)18(13)21(28)29)22-15(25)9-12-5-3-2-4-6-12/h2-8,14,17,20H,9-11H2,1H3,(H,22,25)(H,28,29)/b8-7+. The Morgan fingerprint density at radius 2 is 2.03 bits per heavy atom. The predicted molar refractivity (Wildman–Crippen MR) is 111 cm³/mol. The number of carboxylic acids is 1. The van der Waals surface area contributed by atoms with Crippen LogP contribution in [0.3, 0.4) is 0 Å². The molecule has 3 unspecified atom stereocenters. The average molecular weight is 443 g/mol. The maximum absolute atomic E-state index is 12.7. The number of hydrogen-bond acceptors (Lipinski definition) is 7. The molecule has 1 aromatic rings. The molecule has 0 aromatic heterocycles. The summed E-state index contributed by atoms with van der Waals surface area (Å²) in [5.74, 6) is -1.93. The Morgan fingerprint density at radius 3 is 2.68 bits per heavy atom. The zero-order chi connectivity index (χ0) is 22.1. The topological polar surface area (TPSA) is 116 Å². The average Bonchev–Trinajstić information content (AvgIpc) is 3.07. The highest BCUT2D eigenvalue weighted by atomic mass is 32.2. The molecule has 1 aromatic carbocycles. The van der Waals surface area contributed by atoms with Crippen LogP contribution < -0.4 is 5.32 Å². The molecule has 2 amide bonds. The summed E-state index contributed by atoms with van der Waals surface area (Å²) in [7, 11) is 1.62. The number of aliphatic carboxylic acids is 1. The van der Waals surface area contributed by atoms with Crippen molar-refractivity contribution in [3.05, 3.63) is 59.3 Å². The van der Waals surface area contributed by atoms with Gasteiger partial charge in [-0.05, 0) is 11.1 Å². The number of carbonyl (C=O) groups is 4. The number of likely N-dealkylation sites (N-methyl/N-ethyl adjacent to an activating group) is 1. The first-order valence-corrected chi connectivity index (χ1v) is 10.8. The molecule has 4 rings (SSSR count). The van der Waals surface area contributed by atoms with Crippen molar-refractivity contribution in [2.24, 2.45) is 0 Å². The minimum Gasteiger partial charge on any atom is -0.477 e. The lowest BCUT2D eigenvalue weighted by Crippen LogP contribution is -2.70. The van der Waals surface area contributed by atoms with E-state index in [1.165, 1.54) is 21.7 Å². The first kappa shape index (κ1) is 21.1. The lowest BCUT2D eigenvalue weighted by molar-refractivity contribution is -0.167. The number of β-lactam (4-membered cyclic amide) rings is 1. The Balaban J connectivity index is 1.46. The van der Waals surface area contributed by atoms with E-state index in [0.29, 0.717) is 11.3 Å². The zero-order valence-corrected chi connectivity index (χ0v) is 17.5. The van der Waals surface area contributed by atoms with E-state index in [1.54, 1.807) is 19.2 Å². The summed E-state index contributed by atoms with van der Waals surface area (Å²) >= 11 is 1.39. The molecule has 10 heteroatoms. The van der Waals surface area contributed by atoms with E-state index in [9.17, 15) is 24.3 Å². The van der Waals surface area contributed by atoms with Gasteiger partial charge in [-0.25, -0.2) is 4.79 Å². The Morgan fingerprint density at radius 1 is 1.29 bits per heavy atom. The van der Waals surface area contributed by atoms with E-state index in [2.05, 4.69) is 5.32 Å². The highest BCUT2D eigenvalue weighted by Crippen LogP contribution is 2.40. The van der Waals surface area contributed by atoms with Gasteiger partial charge < -0.3 is 15.3 Å². The van der Waals surface area contributed by atoms with Crippen molar-refractivity contribution in [1.82, 2.24) is 15.3 Å². The third-order valence-corrected chi connectivity index (χ3v) is 6.63. The van der Waals surface area contributed by atoms with Gasteiger partial charge in [-0.1, -0.05) is 42.5 Å². The first-order chi connectivity index (χ1) is 14.8. The summed E-state index contributed by atoms with van der Waals surface area (Å²) < 4.78 is 0. The quantitative estimate of drug-likeness (QED) is 0.617. The number of benzene rings is 1. The maximum atomic E-state index is 12.7. The molecule has 2 N–H and O–H groups in total. The third kappa shape index (κ3) is 4.21. The molecule has 0 spiro atoms. The van der Waals surface area contributed by atoms with Crippen LogP contribution in [0.2, 0.25) is 0 Å².